The quantitative estimate of drug-likeness (QED) is 0.333. The van der Waals surface area contributed by atoms with Gasteiger partial charge < -0.3 is 9.80 Å². The highest BCUT2D eigenvalue weighted by molar-refractivity contribution is 6.30. The van der Waals surface area contributed by atoms with Crippen LogP contribution in [0.4, 0.5) is 10.2 Å². The maximum absolute atomic E-state index is 14.3. The van der Waals surface area contributed by atoms with E-state index in [1.807, 2.05) is 24.3 Å². The van der Waals surface area contributed by atoms with E-state index in [0.29, 0.717) is 30.6 Å². The smallest absolute Gasteiger partial charge is 0.256 e. The molecule has 1 aliphatic rings. The first-order valence-corrected chi connectivity index (χ1v) is 13.1. The third kappa shape index (κ3) is 5.44. The van der Waals surface area contributed by atoms with Crippen molar-refractivity contribution in [1.82, 2.24) is 24.6 Å². The molecule has 0 unspecified atom stereocenters. The fourth-order valence-electron chi connectivity index (χ4n) is 4.64. The Morgan fingerprint density at radius 1 is 1.05 bits per heavy atom. The first-order valence-electron chi connectivity index (χ1n) is 12.7. The van der Waals surface area contributed by atoms with Gasteiger partial charge in [-0.25, -0.2) is 19.0 Å². The largest absolute Gasteiger partial charge is 0.354 e. The molecule has 0 spiro atoms. The monoisotopic (exact) mass is 520 g/mol. The fraction of sp³-hybridized carbons (Fsp3) is 0.357. The van der Waals surface area contributed by atoms with Crippen molar-refractivity contribution in [2.75, 3.05) is 31.1 Å². The van der Waals surface area contributed by atoms with Gasteiger partial charge in [-0.3, -0.25) is 4.79 Å². The molecular formula is C28H30ClFN6O. The zero-order valence-corrected chi connectivity index (χ0v) is 21.8. The van der Waals surface area contributed by atoms with Gasteiger partial charge in [-0.1, -0.05) is 43.6 Å². The molecule has 1 saturated heterocycles. The molecule has 0 bridgehead atoms. The summed E-state index contributed by atoms with van der Waals surface area (Å²) in [6, 6.07) is 13.7. The number of benzene rings is 2. The maximum Gasteiger partial charge on any atom is 0.256 e. The van der Waals surface area contributed by atoms with E-state index in [9.17, 15) is 9.18 Å². The zero-order valence-electron chi connectivity index (χ0n) is 21.1. The Bertz CT molecular complexity index is 1420. The number of hydrogen-bond acceptors (Lipinski definition) is 5. The highest BCUT2D eigenvalue weighted by Crippen LogP contribution is 2.28. The fourth-order valence-corrected chi connectivity index (χ4v) is 4.83. The Labute approximate surface area is 220 Å². The van der Waals surface area contributed by atoms with Crippen molar-refractivity contribution in [1.29, 1.82) is 0 Å². The van der Waals surface area contributed by atoms with Crippen molar-refractivity contribution in [3.05, 3.63) is 77.0 Å². The van der Waals surface area contributed by atoms with Gasteiger partial charge in [0, 0.05) is 37.6 Å². The van der Waals surface area contributed by atoms with E-state index in [1.54, 1.807) is 34.0 Å². The molecule has 1 fully saturated rings. The molecule has 0 aliphatic carbocycles. The van der Waals surface area contributed by atoms with Gasteiger partial charge in [0.25, 0.3) is 5.91 Å². The normalized spacial score (nSPS) is 14.4. The summed E-state index contributed by atoms with van der Waals surface area (Å²) in [6.07, 6.45) is 4.27. The first kappa shape index (κ1) is 25.1. The standard InChI is InChI=1S/C28H30ClFN6O/c1-19(2)11-12-25-32-26(23-18-31-36(27(23)33-25)21-8-5-7-20(29)17-21)34-13-6-14-35(16-15-34)28(37)22-9-3-4-10-24(22)30/h3-5,7-10,17-19H,6,11-16H2,1-2H3. The second-order valence-corrected chi connectivity index (χ2v) is 10.2. The molecule has 37 heavy (non-hydrogen) atoms. The van der Waals surface area contributed by atoms with Crippen LogP contribution in [0.15, 0.2) is 54.7 Å². The molecule has 2 aromatic heterocycles. The molecule has 0 atom stereocenters. The summed E-state index contributed by atoms with van der Waals surface area (Å²) in [5.41, 5.74) is 1.67. The van der Waals surface area contributed by atoms with E-state index >= 15 is 0 Å². The van der Waals surface area contributed by atoms with Crippen LogP contribution in [0.1, 0.15) is 42.9 Å². The van der Waals surface area contributed by atoms with Gasteiger partial charge in [-0.2, -0.15) is 5.10 Å². The van der Waals surface area contributed by atoms with Gasteiger partial charge in [0.05, 0.1) is 22.8 Å². The Balaban J connectivity index is 1.48. The number of nitrogens with zero attached hydrogens (tertiary/aromatic N) is 6. The average Bonchev–Trinajstić information content (AvgIpc) is 3.16. The van der Waals surface area contributed by atoms with Crippen molar-refractivity contribution in [3.8, 4) is 5.69 Å². The molecule has 0 radical (unpaired) electrons. The minimum absolute atomic E-state index is 0.110. The molecule has 1 amide bonds. The topological polar surface area (TPSA) is 67.2 Å². The van der Waals surface area contributed by atoms with Crippen LogP contribution in [-0.2, 0) is 6.42 Å². The minimum Gasteiger partial charge on any atom is -0.354 e. The van der Waals surface area contributed by atoms with Crippen LogP contribution in [0.5, 0.6) is 0 Å². The summed E-state index contributed by atoms with van der Waals surface area (Å²) < 4.78 is 16.1. The number of rotatable bonds is 6. The van der Waals surface area contributed by atoms with E-state index in [0.717, 1.165) is 54.2 Å². The van der Waals surface area contributed by atoms with Gasteiger partial charge in [-0.05, 0) is 49.1 Å². The molecule has 3 heterocycles. The van der Waals surface area contributed by atoms with Gasteiger partial charge in [0.2, 0.25) is 0 Å². The lowest BCUT2D eigenvalue weighted by molar-refractivity contribution is 0.0762. The van der Waals surface area contributed by atoms with Crippen LogP contribution >= 0.6 is 11.6 Å². The third-order valence-corrected chi connectivity index (χ3v) is 6.87. The SMILES string of the molecule is CC(C)CCc1nc(N2CCCN(C(=O)c3ccccc3F)CC2)c2cnn(-c3cccc(Cl)c3)c2n1. The predicted octanol–water partition coefficient (Wildman–Crippen LogP) is 5.55. The first-order chi connectivity index (χ1) is 17.9. The Morgan fingerprint density at radius 3 is 2.68 bits per heavy atom. The van der Waals surface area contributed by atoms with Crippen LogP contribution in [-0.4, -0.2) is 56.7 Å². The number of aryl methyl sites for hydroxylation is 1. The second-order valence-electron chi connectivity index (χ2n) is 9.78. The van der Waals surface area contributed by atoms with Crippen molar-refractivity contribution in [2.24, 2.45) is 5.92 Å². The van der Waals surface area contributed by atoms with Crippen LogP contribution < -0.4 is 4.90 Å². The molecule has 7 nitrogen and oxygen atoms in total. The summed E-state index contributed by atoms with van der Waals surface area (Å²) in [4.78, 5) is 26.8. The van der Waals surface area contributed by atoms with E-state index in [-0.39, 0.29) is 11.5 Å². The number of carbonyl (C=O) groups is 1. The maximum atomic E-state index is 14.3. The Hall–Kier alpha value is -3.52. The number of fused-ring (bicyclic) bond motifs is 1. The third-order valence-electron chi connectivity index (χ3n) is 6.64. The molecule has 2 aromatic carbocycles. The summed E-state index contributed by atoms with van der Waals surface area (Å²) in [6.45, 7) is 6.71. The van der Waals surface area contributed by atoms with Crippen molar-refractivity contribution >= 4 is 34.4 Å². The number of aromatic nitrogens is 4. The molecule has 1 aliphatic heterocycles. The van der Waals surface area contributed by atoms with Crippen LogP contribution in [0.2, 0.25) is 5.02 Å². The summed E-state index contributed by atoms with van der Waals surface area (Å²) in [5, 5.41) is 6.11. The highest BCUT2D eigenvalue weighted by Gasteiger charge is 2.25. The van der Waals surface area contributed by atoms with E-state index in [2.05, 4.69) is 23.8 Å². The number of carbonyl (C=O) groups excluding carboxylic acids is 1. The predicted molar refractivity (Wildman–Crippen MR) is 144 cm³/mol. The highest BCUT2D eigenvalue weighted by atomic mass is 35.5. The van der Waals surface area contributed by atoms with Gasteiger partial charge in [-0.15, -0.1) is 0 Å². The lowest BCUT2D eigenvalue weighted by Gasteiger charge is -2.24. The Kier molecular flexibility index (Phi) is 7.37. The van der Waals surface area contributed by atoms with Gasteiger partial charge in [0.15, 0.2) is 5.65 Å². The molecule has 9 heteroatoms. The van der Waals surface area contributed by atoms with Crippen LogP contribution in [0.25, 0.3) is 16.7 Å². The van der Waals surface area contributed by atoms with Gasteiger partial charge in [0.1, 0.15) is 17.5 Å². The van der Waals surface area contributed by atoms with Crippen LogP contribution in [0.3, 0.4) is 0 Å². The molecule has 0 saturated carbocycles. The van der Waals surface area contributed by atoms with Crippen molar-refractivity contribution in [3.63, 3.8) is 0 Å². The lowest BCUT2D eigenvalue weighted by atomic mass is 10.1. The average molecular weight is 521 g/mol. The number of halogens is 2. The summed E-state index contributed by atoms with van der Waals surface area (Å²) in [5.74, 6) is 1.34. The van der Waals surface area contributed by atoms with Gasteiger partial charge >= 0.3 is 0 Å². The summed E-state index contributed by atoms with van der Waals surface area (Å²) in [7, 11) is 0. The molecule has 192 valence electrons. The lowest BCUT2D eigenvalue weighted by Crippen LogP contribution is -2.36. The minimum atomic E-state index is -0.491. The molecule has 5 rings (SSSR count). The van der Waals surface area contributed by atoms with Crippen molar-refractivity contribution < 1.29 is 9.18 Å². The molecule has 4 aromatic rings. The van der Waals surface area contributed by atoms with Crippen LogP contribution in [0, 0.1) is 11.7 Å². The molecular weight excluding hydrogens is 491 g/mol. The summed E-state index contributed by atoms with van der Waals surface area (Å²) >= 11 is 6.26. The van der Waals surface area contributed by atoms with E-state index in [1.165, 1.54) is 6.07 Å². The number of hydrogen-bond donors (Lipinski definition) is 0. The number of anilines is 1. The van der Waals surface area contributed by atoms with E-state index in [4.69, 9.17) is 21.6 Å². The second kappa shape index (κ2) is 10.8. The van der Waals surface area contributed by atoms with E-state index < -0.39 is 5.82 Å². The van der Waals surface area contributed by atoms with Crippen molar-refractivity contribution in [2.45, 2.75) is 33.1 Å². The molecule has 0 N–H and O–H groups in total. The number of amides is 1. The zero-order chi connectivity index (χ0) is 25.9. The Morgan fingerprint density at radius 2 is 1.89 bits per heavy atom.